The van der Waals surface area contributed by atoms with Crippen LogP contribution in [0.15, 0.2) is 11.0 Å². The van der Waals surface area contributed by atoms with Crippen LogP contribution in [-0.2, 0) is 32.9 Å². The van der Waals surface area contributed by atoms with Crippen molar-refractivity contribution in [3.8, 4) is 0 Å². The van der Waals surface area contributed by atoms with Gasteiger partial charge in [0, 0.05) is 6.20 Å². The number of aliphatic hydroxyl groups is 2. The Morgan fingerprint density at radius 3 is 2.07 bits per heavy atom. The second-order valence-corrected chi connectivity index (χ2v) is 12.1. The van der Waals surface area contributed by atoms with Crippen LogP contribution in [0.5, 0.6) is 0 Å². The van der Waals surface area contributed by atoms with Gasteiger partial charge in [-0.3, -0.25) is 18.7 Å². The van der Waals surface area contributed by atoms with Gasteiger partial charge in [-0.2, -0.15) is 4.98 Å². The van der Waals surface area contributed by atoms with Gasteiger partial charge in [-0.25, -0.2) is 23.7 Å². The number of rotatable bonds is 13. The van der Waals surface area contributed by atoms with Crippen molar-refractivity contribution in [3.05, 3.63) is 21.7 Å². The summed E-state index contributed by atoms with van der Waals surface area (Å²) in [6, 6.07) is -2.69. The topological polar surface area (TPSA) is 214 Å². The monoisotopic (exact) mass is 633 g/mol. The number of nitrogens with two attached hydrogens (primary N) is 1. The van der Waals surface area contributed by atoms with E-state index < -0.39 is 86.7 Å². The highest BCUT2D eigenvalue weighted by Gasteiger charge is 2.61. The first-order valence-corrected chi connectivity index (χ1v) is 14.4. The molecule has 1 aromatic heterocycles. The fraction of sp³-hybridized carbons (Fsp3) is 0.727. The van der Waals surface area contributed by atoms with E-state index in [0.717, 1.165) is 6.20 Å². The van der Waals surface area contributed by atoms with Crippen molar-refractivity contribution >= 4 is 37.0 Å². The summed E-state index contributed by atoms with van der Waals surface area (Å²) in [6.07, 6.45) is -10.3. The van der Waals surface area contributed by atoms with Gasteiger partial charge in [-0.1, -0.05) is 11.6 Å². The molecule has 1 saturated heterocycles. The number of hydrogen-bond donors (Lipinski definition) is 5. The lowest BCUT2D eigenvalue weighted by molar-refractivity contribution is -0.192. The van der Waals surface area contributed by atoms with Crippen LogP contribution in [0.3, 0.4) is 0 Å². The number of hydrogen-bond acceptors (Lipinski definition) is 12. The zero-order chi connectivity index (χ0) is 31.4. The Balaban J connectivity index is 2.41. The van der Waals surface area contributed by atoms with E-state index in [9.17, 15) is 37.9 Å². The van der Waals surface area contributed by atoms with Crippen LogP contribution in [0.2, 0.25) is 5.02 Å². The summed E-state index contributed by atoms with van der Waals surface area (Å²) < 4.78 is 64.0. The number of anilines is 1. The third-order valence-corrected chi connectivity index (χ3v) is 7.88. The maximum atomic E-state index is 14.5. The van der Waals surface area contributed by atoms with Crippen LogP contribution in [0.4, 0.5) is 14.6 Å². The summed E-state index contributed by atoms with van der Waals surface area (Å²) >= 11 is 5.86. The minimum atomic E-state index is -4.65. The van der Waals surface area contributed by atoms with Crippen LogP contribution in [0, 0.1) is 0 Å². The number of nitrogens with one attached hydrogen (secondary N) is 2. The molecule has 0 spiro atoms. The van der Waals surface area contributed by atoms with Gasteiger partial charge in [0.25, 0.3) is 6.43 Å². The highest BCUT2D eigenvalue weighted by Crippen LogP contribution is 2.46. The highest BCUT2D eigenvalue weighted by molar-refractivity contribution is 7.54. The van der Waals surface area contributed by atoms with Crippen molar-refractivity contribution < 1.29 is 51.9 Å². The third kappa shape index (κ3) is 8.41. The lowest BCUT2D eigenvalue weighted by Crippen LogP contribution is -2.53. The molecular weight excluding hydrogens is 599 g/mol. The lowest BCUT2D eigenvalue weighted by Gasteiger charge is -2.33. The van der Waals surface area contributed by atoms with E-state index in [0.29, 0.717) is 4.57 Å². The van der Waals surface area contributed by atoms with E-state index in [-0.39, 0.29) is 10.8 Å². The minimum Gasteiger partial charge on any atom is -0.462 e. The summed E-state index contributed by atoms with van der Waals surface area (Å²) in [4.78, 5) is 40.4. The molecule has 2 rings (SSSR count). The Labute approximate surface area is 239 Å². The molecule has 1 aliphatic rings. The van der Waals surface area contributed by atoms with Crippen molar-refractivity contribution in [2.24, 2.45) is 0 Å². The highest BCUT2D eigenvalue weighted by atomic mass is 35.5. The molecule has 0 unspecified atom stereocenters. The van der Waals surface area contributed by atoms with Crippen molar-refractivity contribution in [1.82, 2.24) is 19.7 Å². The SMILES string of the molecule is CC(C)OC(=O)[C@H](C)NP(=O)(N[C@@H](C)C(=O)OC(C)C)OC[C@@]1(C(F)F)O[C@@H](n2cc(Cl)c(N)nc2=O)[C@H](O)[C@H]1O. The molecule has 0 aliphatic carbocycles. The summed E-state index contributed by atoms with van der Waals surface area (Å²) in [5, 5.41) is 25.6. The first-order valence-electron chi connectivity index (χ1n) is 12.4. The van der Waals surface area contributed by atoms with E-state index in [1.807, 2.05) is 0 Å². The molecule has 0 radical (unpaired) electrons. The number of alkyl halides is 2. The normalized spacial score (nSPS) is 24.6. The molecule has 19 heteroatoms. The zero-order valence-electron chi connectivity index (χ0n) is 23.1. The van der Waals surface area contributed by atoms with Crippen LogP contribution >= 0.6 is 19.3 Å². The van der Waals surface area contributed by atoms with E-state index in [1.165, 1.54) is 13.8 Å². The minimum absolute atomic E-state index is 0.275. The van der Waals surface area contributed by atoms with Crippen LogP contribution in [0.1, 0.15) is 47.8 Å². The molecule has 6 N–H and O–H groups in total. The summed E-state index contributed by atoms with van der Waals surface area (Å²) in [5.41, 5.74) is 1.25. The fourth-order valence-corrected chi connectivity index (χ4v) is 5.61. The standard InChI is InChI=1S/C22H35ClF2N5O10P/c1-9(2)38-18(33)11(5)28-41(36,29-12(6)19(34)39-10(3)4)37-8-22(20(24)25)15(32)14(31)17(40-22)30-7-13(23)16(26)27-21(30)35/h7,9-12,14-15,17,20,31-32H,8H2,1-6H3,(H2,26,27,35)(H2,28,29,36)/t11-,12-,14+,15+,17+,22+/m0/s1. The van der Waals surface area contributed by atoms with Gasteiger partial charge in [0.05, 0.1) is 23.8 Å². The Kier molecular flexibility index (Phi) is 11.8. The van der Waals surface area contributed by atoms with Gasteiger partial charge in [0.1, 0.15) is 30.1 Å². The Hall–Kier alpha value is -2.24. The predicted octanol–water partition coefficient (Wildman–Crippen LogP) is 0.718. The Morgan fingerprint density at radius 1 is 1.15 bits per heavy atom. The third-order valence-electron chi connectivity index (χ3n) is 5.64. The first kappa shape index (κ1) is 35.0. The van der Waals surface area contributed by atoms with Crippen LogP contribution in [0.25, 0.3) is 0 Å². The molecule has 0 saturated carbocycles. The Morgan fingerprint density at radius 2 is 1.63 bits per heavy atom. The number of nitrogens with zero attached hydrogens (tertiary/aromatic N) is 2. The molecule has 6 atom stereocenters. The average Bonchev–Trinajstić information content (AvgIpc) is 3.10. The van der Waals surface area contributed by atoms with E-state index in [2.05, 4.69) is 15.2 Å². The van der Waals surface area contributed by atoms with Gasteiger partial charge in [0.15, 0.2) is 11.8 Å². The van der Waals surface area contributed by atoms with Gasteiger partial charge < -0.3 is 34.7 Å². The number of ether oxygens (including phenoxy) is 3. The van der Waals surface area contributed by atoms with Gasteiger partial charge in [-0.15, -0.1) is 0 Å². The van der Waals surface area contributed by atoms with Gasteiger partial charge in [0.2, 0.25) is 0 Å². The largest absolute Gasteiger partial charge is 0.462 e. The van der Waals surface area contributed by atoms with Crippen molar-refractivity contribution in [1.29, 1.82) is 0 Å². The maximum Gasteiger partial charge on any atom is 0.351 e. The zero-order valence-corrected chi connectivity index (χ0v) is 24.8. The molecule has 0 amide bonds. The average molecular weight is 634 g/mol. The Bertz CT molecular complexity index is 1170. The number of aliphatic hydroxyl groups excluding tert-OH is 2. The second kappa shape index (κ2) is 13.8. The molecule has 234 valence electrons. The first-order chi connectivity index (χ1) is 18.8. The number of carbonyl (C=O) groups is 2. The summed E-state index contributed by atoms with van der Waals surface area (Å²) in [5.74, 6) is -2.14. The van der Waals surface area contributed by atoms with Gasteiger partial charge >= 0.3 is 25.3 Å². The van der Waals surface area contributed by atoms with Crippen molar-refractivity contribution in [2.75, 3.05) is 12.3 Å². The quantitative estimate of drug-likeness (QED) is 0.150. The number of nitrogen functional groups attached to an aromatic ring is 1. The molecule has 1 aliphatic heterocycles. The lowest BCUT2D eigenvalue weighted by atomic mass is 9.96. The molecule has 41 heavy (non-hydrogen) atoms. The molecule has 1 fully saturated rings. The summed E-state index contributed by atoms with van der Waals surface area (Å²) in [6.45, 7) is 7.35. The number of halogens is 3. The smallest absolute Gasteiger partial charge is 0.351 e. The molecule has 0 aromatic carbocycles. The van der Waals surface area contributed by atoms with E-state index >= 15 is 0 Å². The molecule has 1 aromatic rings. The number of esters is 2. The fourth-order valence-electron chi connectivity index (χ4n) is 3.62. The maximum absolute atomic E-state index is 14.5. The summed E-state index contributed by atoms with van der Waals surface area (Å²) in [7, 11) is -4.65. The molecule has 2 heterocycles. The van der Waals surface area contributed by atoms with E-state index in [1.54, 1.807) is 27.7 Å². The number of carbonyl (C=O) groups excluding carboxylic acids is 2. The number of aromatic nitrogens is 2. The van der Waals surface area contributed by atoms with E-state index in [4.69, 9.17) is 36.1 Å². The van der Waals surface area contributed by atoms with Crippen LogP contribution in [-0.4, -0.2) is 86.8 Å². The second-order valence-electron chi connectivity index (χ2n) is 9.86. The molecular formula is C22H35ClF2N5O10P. The molecule has 0 bridgehead atoms. The molecule has 15 nitrogen and oxygen atoms in total. The van der Waals surface area contributed by atoms with Gasteiger partial charge in [-0.05, 0) is 41.5 Å². The van der Waals surface area contributed by atoms with Crippen molar-refractivity contribution in [3.63, 3.8) is 0 Å². The van der Waals surface area contributed by atoms with Crippen LogP contribution < -0.4 is 21.6 Å². The predicted molar refractivity (Wildman–Crippen MR) is 140 cm³/mol. The van der Waals surface area contributed by atoms with Crippen molar-refractivity contribution in [2.45, 2.75) is 96.3 Å².